The minimum atomic E-state index is 0.869. The van der Waals surface area contributed by atoms with Gasteiger partial charge in [-0.1, -0.05) is 23.4 Å². The summed E-state index contributed by atoms with van der Waals surface area (Å²) in [7, 11) is 0. The van der Waals surface area contributed by atoms with Crippen LogP contribution in [0.15, 0.2) is 35.0 Å². The average molecular weight is 158 g/mol. The monoisotopic (exact) mass is 158 g/mol. The number of hydrogen-bond acceptors (Lipinski definition) is 2. The summed E-state index contributed by atoms with van der Waals surface area (Å²) in [5.41, 5.74) is 1.81. The highest BCUT2D eigenvalue weighted by atomic mass is 16.6. The van der Waals surface area contributed by atoms with Gasteiger partial charge < -0.3 is 0 Å². The second-order valence-corrected chi connectivity index (χ2v) is 2.81. The molecule has 0 fully saturated rings. The zero-order chi connectivity index (χ0) is 7.97. The first-order valence-electron chi connectivity index (χ1n) is 3.76. The number of H-pyrrole nitrogens is 1. The number of fused-ring (bicyclic) bond motifs is 2. The number of aromatic amines is 1. The molecular weight excluding hydrogens is 152 g/mol. The molecule has 0 aliphatic rings. The molecule has 3 nitrogen and oxygen atoms in total. The molecule has 0 saturated heterocycles. The van der Waals surface area contributed by atoms with Gasteiger partial charge in [0.25, 0.3) is 0 Å². The first kappa shape index (κ1) is 5.83. The van der Waals surface area contributed by atoms with Crippen molar-refractivity contribution in [3.05, 3.63) is 30.3 Å². The van der Waals surface area contributed by atoms with Crippen molar-refractivity contribution in [3.8, 4) is 0 Å². The van der Waals surface area contributed by atoms with Crippen LogP contribution < -0.4 is 0 Å². The van der Waals surface area contributed by atoms with Crippen molar-refractivity contribution in [1.82, 2.24) is 10.3 Å². The maximum atomic E-state index is 4.73. The lowest BCUT2D eigenvalue weighted by Crippen LogP contribution is -1.68. The van der Waals surface area contributed by atoms with Crippen molar-refractivity contribution in [2.45, 2.75) is 0 Å². The lowest BCUT2D eigenvalue weighted by molar-refractivity contribution is 0.315. The second-order valence-electron chi connectivity index (χ2n) is 2.81. The van der Waals surface area contributed by atoms with Crippen molar-refractivity contribution in [2.24, 2.45) is 0 Å². The lowest BCUT2D eigenvalue weighted by atomic mass is 10.2. The Morgan fingerprint density at radius 2 is 2.00 bits per heavy atom. The molecule has 2 aromatic carbocycles. The van der Waals surface area contributed by atoms with Crippen LogP contribution in [0.3, 0.4) is 0 Å². The van der Waals surface area contributed by atoms with E-state index in [1.807, 2.05) is 18.2 Å². The molecule has 0 aliphatic heterocycles. The predicted octanol–water partition coefficient (Wildman–Crippen LogP) is 2.31. The minimum absolute atomic E-state index is 0.869. The van der Waals surface area contributed by atoms with E-state index in [-0.39, 0.29) is 0 Å². The van der Waals surface area contributed by atoms with Crippen LogP contribution in [0.1, 0.15) is 0 Å². The van der Waals surface area contributed by atoms with Gasteiger partial charge >= 0.3 is 0 Å². The molecule has 1 heterocycles. The average Bonchev–Trinajstić information content (AvgIpc) is 2.64. The fraction of sp³-hybridized carbons (Fsp3) is 0. The first-order valence-corrected chi connectivity index (χ1v) is 3.76. The van der Waals surface area contributed by atoms with E-state index in [4.69, 9.17) is 4.63 Å². The molecule has 0 unspecified atom stereocenters. The van der Waals surface area contributed by atoms with Gasteiger partial charge in [0.2, 0.25) is 0 Å². The molecule has 0 bridgehead atoms. The molecular formula is C9H6N2O. The molecule has 0 spiro atoms. The number of nitrogens with zero attached hydrogens (tertiary/aromatic N) is 1. The molecule has 0 aliphatic carbocycles. The number of aromatic nitrogens is 2. The predicted molar refractivity (Wildman–Crippen MR) is 45.9 cm³/mol. The Labute approximate surface area is 67.9 Å². The molecule has 1 N–H and O–H groups in total. The number of rotatable bonds is 0. The van der Waals surface area contributed by atoms with Crippen molar-refractivity contribution < 1.29 is 4.63 Å². The Hall–Kier alpha value is -1.77. The summed E-state index contributed by atoms with van der Waals surface area (Å²) >= 11 is 0. The summed E-state index contributed by atoms with van der Waals surface area (Å²) in [4.78, 5) is 0. The van der Waals surface area contributed by atoms with E-state index in [9.17, 15) is 0 Å². The Morgan fingerprint density at radius 1 is 1.17 bits per heavy atom. The Balaban J connectivity index is 2.62. The van der Waals surface area contributed by atoms with Gasteiger partial charge in [-0.05, 0) is 22.9 Å². The highest BCUT2D eigenvalue weighted by Gasteiger charge is 2.00. The fourth-order valence-corrected chi connectivity index (χ4v) is 1.44. The molecule has 0 amide bonds. The van der Waals surface area contributed by atoms with Gasteiger partial charge in [-0.3, -0.25) is 4.63 Å². The zero-order valence-electron chi connectivity index (χ0n) is 6.24. The first-order chi connectivity index (χ1) is 5.93. The molecule has 0 saturated carbocycles. The van der Waals surface area contributed by atoms with Gasteiger partial charge in [-0.15, -0.1) is 0 Å². The molecule has 0 atom stereocenters. The van der Waals surface area contributed by atoms with E-state index in [1.165, 1.54) is 10.8 Å². The highest BCUT2D eigenvalue weighted by Crippen LogP contribution is 2.20. The fourth-order valence-electron chi connectivity index (χ4n) is 1.44. The van der Waals surface area contributed by atoms with Gasteiger partial charge in [0.15, 0.2) is 0 Å². The summed E-state index contributed by atoms with van der Waals surface area (Å²) < 4.78 is 4.73. The van der Waals surface area contributed by atoms with Crippen LogP contribution >= 0.6 is 0 Å². The van der Waals surface area contributed by atoms with Crippen molar-refractivity contribution in [1.29, 1.82) is 0 Å². The van der Waals surface area contributed by atoms with Crippen LogP contribution in [0.5, 0.6) is 0 Å². The topological polar surface area (TPSA) is 41.8 Å². The van der Waals surface area contributed by atoms with Crippen LogP contribution in [0.4, 0.5) is 0 Å². The van der Waals surface area contributed by atoms with Crippen LogP contribution in [-0.4, -0.2) is 10.3 Å². The third-order valence-electron chi connectivity index (χ3n) is 2.05. The Bertz CT molecular complexity index is 444. The standard InChI is InChI=1S/C9H6N2O/c1-2-6-4-8-9(11-12-10-8)5-7(6)3-1/h1-5,10H. The van der Waals surface area contributed by atoms with Gasteiger partial charge in [0.05, 0.1) is 0 Å². The third-order valence-corrected chi connectivity index (χ3v) is 2.05. The van der Waals surface area contributed by atoms with E-state index in [1.54, 1.807) is 0 Å². The van der Waals surface area contributed by atoms with Crippen LogP contribution in [0.25, 0.3) is 21.8 Å². The van der Waals surface area contributed by atoms with E-state index in [2.05, 4.69) is 22.4 Å². The van der Waals surface area contributed by atoms with Crippen molar-refractivity contribution in [3.63, 3.8) is 0 Å². The Kier molecular flexibility index (Phi) is 0.913. The minimum Gasteiger partial charge on any atom is -0.270 e. The molecule has 0 radical (unpaired) electrons. The van der Waals surface area contributed by atoms with Crippen LogP contribution in [0, 0.1) is 0 Å². The normalized spacial score (nSPS) is 11.3. The SMILES string of the molecule is c1cc2cc3no[nH]c3cc2c1. The van der Waals surface area contributed by atoms with E-state index < -0.39 is 0 Å². The quantitative estimate of drug-likeness (QED) is 0.545. The van der Waals surface area contributed by atoms with E-state index in [0.717, 1.165) is 11.0 Å². The number of nitrogens with one attached hydrogen (secondary N) is 1. The Morgan fingerprint density at radius 3 is 2.92 bits per heavy atom. The molecule has 3 heteroatoms. The van der Waals surface area contributed by atoms with Crippen LogP contribution in [0.2, 0.25) is 0 Å². The summed E-state index contributed by atoms with van der Waals surface area (Å²) in [6.07, 6.45) is 0. The number of benzene rings is 1. The highest BCUT2D eigenvalue weighted by molar-refractivity contribution is 5.95. The molecule has 58 valence electrons. The van der Waals surface area contributed by atoms with Crippen molar-refractivity contribution >= 4 is 21.8 Å². The van der Waals surface area contributed by atoms with Gasteiger partial charge in [-0.25, -0.2) is 0 Å². The van der Waals surface area contributed by atoms with Gasteiger partial charge in [0.1, 0.15) is 11.0 Å². The van der Waals surface area contributed by atoms with Gasteiger partial charge in [0, 0.05) is 0 Å². The third kappa shape index (κ3) is 0.625. The van der Waals surface area contributed by atoms with E-state index >= 15 is 0 Å². The zero-order valence-corrected chi connectivity index (χ0v) is 6.24. The summed E-state index contributed by atoms with van der Waals surface area (Å²) in [6, 6.07) is 10.2. The largest absolute Gasteiger partial charge is 0.270 e. The maximum Gasteiger partial charge on any atom is 0.133 e. The summed E-state index contributed by atoms with van der Waals surface area (Å²) in [5, 5.41) is 8.94. The van der Waals surface area contributed by atoms with Crippen LogP contribution in [-0.2, 0) is 0 Å². The summed E-state index contributed by atoms with van der Waals surface area (Å²) in [5.74, 6) is 0. The molecule has 3 aromatic rings. The second kappa shape index (κ2) is 1.88. The maximum absolute atomic E-state index is 4.73. The van der Waals surface area contributed by atoms with Crippen molar-refractivity contribution in [2.75, 3.05) is 0 Å². The molecule has 12 heavy (non-hydrogen) atoms. The van der Waals surface area contributed by atoms with Gasteiger partial charge in [-0.2, -0.15) is 5.16 Å². The lowest BCUT2D eigenvalue weighted by Gasteiger charge is -1.87. The van der Waals surface area contributed by atoms with E-state index in [0.29, 0.717) is 0 Å². The molecule has 1 aromatic heterocycles. The molecule has 3 rings (SSSR count). The summed E-state index contributed by atoms with van der Waals surface area (Å²) in [6.45, 7) is 0. The smallest absolute Gasteiger partial charge is 0.133 e. The number of hydrogen-bond donors (Lipinski definition) is 1.